The van der Waals surface area contributed by atoms with Crippen molar-refractivity contribution in [3.05, 3.63) is 0 Å². The Morgan fingerprint density at radius 2 is 1.72 bits per heavy atom. The molecule has 3 fully saturated rings. The van der Waals surface area contributed by atoms with Gasteiger partial charge in [-0.15, -0.1) is 0 Å². The number of methoxy groups -OCH3 is 2. The monoisotopic (exact) mass is 410 g/mol. The van der Waals surface area contributed by atoms with Crippen LogP contribution in [0.3, 0.4) is 0 Å². The van der Waals surface area contributed by atoms with E-state index in [1.807, 2.05) is 7.11 Å². The van der Waals surface area contributed by atoms with Gasteiger partial charge in [-0.2, -0.15) is 0 Å². The molecule has 170 valence electrons. The summed E-state index contributed by atoms with van der Waals surface area (Å²) in [6.07, 6.45) is 6.73. The highest BCUT2D eigenvalue weighted by Gasteiger charge is 2.43. The quantitative estimate of drug-likeness (QED) is 0.608. The van der Waals surface area contributed by atoms with Crippen LogP contribution in [0.2, 0.25) is 0 Å². The van der Waals surface area contributed by atoms with Crippen molar-refractivity contribution in [2.45, 2.75) is 82.3 Å². The van der Waals surface area contributed by atoms with Crippen LogP contribution in [0.4, 0.5) is 0 Å². The predicted molar refractivity (Wildman–Crippen MR) is 120 cm³/mol. The molecule has 0 aromatic heterocycles. The lowest BCUT2D eigenvalue weighted by Gasteiger charge is -2.48. The van der Waals surface area contributed by atoms with Gasteiger partial charge >= 0.3 is 0 Å². The van der Waals surface area contributed by atoms with Gasteiger partial charge in [0.15, 0.2) is 0 Å². The number of hydrogen-bond acceptors (Lipinski definition) is 6. The standard InChI is InChI=1S/C23H46N4O2/c1-18(2)27-12-7-19(24(3)13-14-28-5)15-23(27)22-16-20(17-25(22)4)26-10-8-21(29-6)9-11-26/h18-23H,7-17H2,1-6H3/t19?,20-,22?,23?/m1/s1. The summed E-state index contributed by atoms with van der Waals surface area (Å²) in [5, 5.41) is 0. The summed E-state index contributed by atoms with van der Waals surface area (Å²) < 4.78 is 10.9. The van der Waals surface area contributed by atoms with Crippen LogP contribution in [0.5, 0.6) is 0 Å². The topological polar surface area (TPSA) is 31.4 Å². The first kappa shape index (κ1) is 23.4. The Morgan fingerprint density at radius 1 is 1.00 bits per heavy atom. The summed E-state index contributed by atoms with van der Waals surface area (Å²) in [5.74, 6) is 0. The number of hydrogen-bond donors (Lipinski definition) is 0. The average molecular weight is 411 g/mol. The summed E-state index contributed by atoms with van der Waals surface area (Å²) in [7, 11) is 8.32. The van der Waals surface area contributed by atoms with E-state index in [4.69, 9.17) is 9.47 Å². The zero-order chi connectivity index (χ0) is 21.0. The highest BCUT2D eigenvalue weighted by molar-refractivity contribution is 5.01. The van der Waals surface area contributed by atoms with Crippen molar-refractivity contribution >= 4 is 0 Å². The minimum absolute atomic E-state index is 0.472. The van der Waals surface area contributed by atoms with Crippen LogP contribution >= 0.6 is 0 Å². The Bertz CT molecular complexity index is 483. The Labute approximate surface area is 179 Å². The van der Waals surface area contributed by atoms with E-state index < -0.39 is 0 Å². The summed E-state index contributed by atoms with van der Waals surface area (Å²) in [6.45, 7) is 11.5. The van der Waals surface area contributed by atoms with Crippen molar-refractivity contribution in [1.29, 1.82) is 0 Å². The fraction of sp³-hybridized carbons (Fsp3) is 1.00. The van der Waals surface area contributed by atoms with E-state index in [1.165, 1.54) is 58.3 Å². The lowest BCUT2D eigenvalue weighted by Crippen LogP contribution is -2.58. The smallest absolute Gasteiger partial charge is 0.0595 e. The van der Waals surface area contributed by atoms with Gasteiger partial charge in [0, 0.05) is 77.2 Å². The van der Waals surface area contributed by atoms with E-state index in [0.29, 0.717) is 36.3 Å². The highest BCUT2D eigenvalue weighted by Crippen LogP contribution is 2.33. The third-order valence-electron chi connectivity index (χ3n) is 7.94. The van der Waals surface area contributed by atoms with Gasteiger partial charge in [0.2, 0.25) is 0 Å². The van der Waals surface area contributed by atoms with Gasteiger partial charge in [0.05, 0.1) is 12.7 Å². The molecule has 0 N–H and O–H groups in total. The Morgan fingerprint density at radius 3 is 2.34 bits per heavy atom. The van der Waals surface area contributed by atoms with E-state index in [-0.39, 0.29) is 0 Å². The molecule has 6 nitrogen and oxygen atoms in total. The normalized spacial score (nSPS) is 33.9. The first-order valence-corrected chi connectivity index (χ1v) is 11.9. The molecule has 3 heterocycles. The van der Waals surface area contributed by atoms with Gasteiger partial charge < -0.3 is 19.3 Å². The van der Waals surface area contributed by atoms with E-state index in [1.54, 1.807) is 7.11 Å². The lowest BCUT2D eigenvalue weighted by molar-refractivity contribution is 0.0129. The van der Waals surface area contributed by atoms with Crippen LogP contribution in [0.15, 0.2) is 0 Å². The summed E-state index contributed by atoms with van der Waals surface area (Å²) in [4.78, 5) is 10.7. The molecule has 0 saturated carbocycles. The van der Waals surface area contributed by atoms with Crippen LogP contribution in [0, 0.1) is 0 Å². The van der Waals surface area contributed by atoms with Crippen molar-refractivity contribution in [2.24, 2.45) is 0 Å². The van der Waals surface area contributed by atoms with Gasteiger partial charge in [-0.3, -0.25) is 9.80 Å². The van der Waals surface area contributed by atoms with E-state index >= 15 is 0 Å². The van der Waals surface area contributed by atoms with E-state index in [9.17, 15) is 0 Å². The van der Waals surface area contributed by atoms with Gasteiger partial charge in [0.1, 0.15) is 0 Å². The first-order valence-electron chi connectivity index (χ1n) is 11.9. The minimum Gasteiger partial charge on any atom is -0.383 e. The zero-order valence-electron chi connectivity index (χ0n) is 19.8. The SMILES string of the molecule is COCCN(C)C1CCN(C(C)C)C(C2C[C@@H](N3CCC(OC)CC3)CN2C)C1. The molecular weight excluding hydrogens is 364 g/mol. The van der Waals surface area contributed by atoms with Crippen LogP contribution < -0.4 is 0 Å². The third kappa shape index (κ3) is 5.72. The lowest BCUT2D eigenvalue weighted by atomic mass is 9.88. The second-order valence-corrected chi connectivity index (χ2v) is 9.92. The Hall–Kier alpha value is -0.240. The van der Waals surface area contributed by atoms with Crippen molar-refractivity contribution < 1.29 is 9.47 Å². The number of ether oxygens (including phenoxy) is 2. The molecule has 3 unspecified atom stereocenters. The molecule has 3 rings (SSSR count). The van der Waals surface area contributed by atoms with Gasteiger partial charge in [-0.1, -0.05) is 0 Å². The number of likely N-dealkylation sites (N-methyl/N-ethyl adjacent to an activating group) is 2. The maximum atomic E-state index is 5.58. The molecule has 6 heteroatoms. The average Bonchev–Trinajstić information content (AvgIpc) is 3.13. The minimum atomic E-state index is 0.472. The third-order valence-corrected chi connectivity index (χ3v) is 7.94. The largest absolute Gasteiger partial charge is 0.383 e. The highest BCUT2D eigenvalue weighted by atomic mass is 16.5. The predicted octanol–water partition coefficient (Wildman–Crippen LogP) is 1.99. The van der Waals surface area contributed by atoms with Gasteiger partial charge in [-0.25, -0.2) is 0 Å². The molecule has 4 atom stereocenters. The summed E-state index contributed by atoms with van der Waals surface area (Å²) in [5.41, 5.74) is 0. The molecule has 3 saturated heterocycles. The molecule has 0 aliphatic carbocycles. The molecule has 29 heavy (non-hydrogen) atoms. The molecule has 3 aliphatic heterocycles. The first-order chi connectivity index (χ1) is 13.9. The van der Waals surface area contributed by atoms with Gasteiger partial charge in [0.25, 0.3) is 0 Å². The zero-order valence-corrected chi connectivity index (χ0v) is 19.8. The van der Waals surface area contributed by atoms with Crippen molar-refractivity contribution in [1.82, 2.24) is 19.6 Å². The van der Waals surface area contributed by atoms with Crippen LogP contribution in [0.25, 0.3) is 0 Å². The van der Waals surface area contributed by atoms with Crippen molar-refractivity contribution in [3.63, 3.8) is 0 Å². The van der Waals surface area contributed by atoms with E-state index in [2.05, 4.69) is 47.5 Å². The second-order valence-electron chi connectivity index (χ2n) is 9.92. The number of likely N-dealkylation sites (tertiary alicyclic amines) is 3. The van der Waals surface area contributed by atoms with Crippen molar-refractivity contribution in [3.8, 4) is 0 Å². The maximum absolute atomic E-state index is 5.58. The Balaban J connectivity index is 1.63. The summed E-state index contributed by atoms with van der Waals surface area (Å²) >= 11 is 0. The van der Waals surface area contributed by atoms with Crippen LogP contribution in [0.1, 0.15) is 46.0 Å². The second kappa shape index (κ2) is 10.9. The molecule has 0 spiro atoms. The molecule has 0 aromatic rings. The maximum Gasteiger partial charge on any atom is 0.0595 e. The molecule has 0 bridgehead atoms. The molecule has 0 aromatic carbocycles. The number of piperidine rings is 2. The summed E-state index contributed by atoms with van der Waals surface area (Å²) in [6, 6.07) is 3.33. The fourth-order valence-electron chi connectivity index (χ4n) is 6.03. The molecule has 3 aliphatic rings. The molecule has 0 radical (unpaired) electrons. The van der Waals surface area contributed by atoms with Crippen LogP contribution in [-0.2, 0) is 9.47 Å². The van der Waals surface area contributed by atoms with Gasteiger partial charge in [-0.05, 0) is 60.0 Å². The number of rotatable bonds is 8. The Kier molecular flexibility index (Phi) is 8.78. The molecule has 0 amide bonds. The van der Waals surface area contributed by atoms with E-state index in [0.717, 1.165) is 13.2 Å². The molecular formula is C23H46N4O2. The van der Waals surface area contributed by atoms with Crippen molar-refractivity contribution in [2.75, 3.05) is 67.6 Å². The van der Waals surface area contributed by atoms with Crippen LogP contribution in [-0.4, -0.2) is 124 Å². The fourth-order valence-corrected chi connectivity index (χ4v) is 6.03. The number of nitrogens with zero attached hydrogens (tertiary/aromatic N) is 4.